The van der Waals surface area contributed by atoms with E-state index in [-0.39, 0.29) is 11.2 Å². The van der Waals surface area contributed by atoms with Gasteiger partial charge in [-0.1, -0.05) is 31.5 Å². The average Bonchev–Trinajstić information content (AvgIpc) is 1.79. The van der Waals surface area contributed by atoms with Gasteiger partial charge in [-0.05, 0) is 11.8 Å². The van der Waals surface area contributed by atoms with E-state index in [9.17, 15) is 4.79 Å². The van der Waals surface area contributed by atoms with Crippen LogP contribution in [0.5, 0.6) is 0 Å². The third-order valence-corrected chi connectivity index (χ3v) is 2.10. The quantitative estimate of drug-likeness (QED) is 0.530. The highest BCUT2D eigenvalue weighted by Crippen LogP contribution is 2.32. The molecule has 56 valence electrons. The van der Waals surface area contributed by atoms with Crippen molar-refractivity contribution in [3.05, 3.63) is 11.1 Å². The molecule has 0 heterocycles. The molecule has 0 saturated heterocycles. The van der Waals surface area contributed by atoms with Gasteiger partial charge in [0.25, 0.3) is 0 Å². The summed E-state index contributed by atoms with van der Waals surface area (Å²) in [4.78, 5) is 10.9. The van der Waals surface area contributed by atoms with Crippen LogP contribution in [-0.2, 0) is 4.79 Å². The van der Waals surface area contributed by atoms with Crippen molar-refractivity contribution in [2.75, 3.05) is 0 Å². The second kappa shape index (κ2) is 2.39. The highest BCUT2D eigenvalue weighted by atomic mass is 35.5. The maximum Gasteiger partial charge on any atom is 0.173 e. The molecule has 0 N–H and O–H groups in total. The fourth-order valence-electron chi connectivity index (χ4n) is 1.05. The zero-order valence-corrected chi connectivity index (χ0v) is 7.03. The Morgan fingerprint density at radius 2 is 2.20 bits per heavy atom. The van der Waals surface area contributed by atoms with Crippen LogP contribution in [0.4, 0.5) is 0 Å². The molecule has 0 aromatic heterocycles. The predicted molar refractivity (Wildman–Crippen MR) is 42.0 cm³/mol. The highest BCUT2D eigenvalue weighted by molar-refractivity contribution is 6.42. The summed E-state index contributed by atoms with van der Waals surface area (Å²) < 4.78 is 0. The molecule has 0 bridgehead atoms. The van der Waals surface area contributed by atoms with Gasteiger partial charge in [-0.3, -0.25) is 4.79 Å². The summed E-state index contributed by atoms with van der Waals surface area (Å²) >= 11 is 5.66. The molecule has 0 saturated carbocycles. The van der Waals surface area contributed by atoms with Crippen LogP contribution in [0.25, 0.3) is 0 Å². The number of halogens is 1. The number of ketones is 1. The molecule has 0 fully saturated rings. The summed E-state index contributed by atoms with van der Waals surface area (Å²) in [6.07, 6.45) is 3.37. The van der Waals surface area contributed by atoms with Crippen molar-refractivity contribution in [1.29, 1.82) is 0 Å². The van der Waals surface area contributed by atoms with Gasteiger partial charge in [0.2, 0.25) is 0 Å². The minimum Gasteiger partial charge on any atom is -0.293 e. The Balaban J connectivity index is 2.86. The lowest BCUT2D eigenvalue weighted by Crippen LogP contribution is -2.17. The first-order chi connectivity index (χ1) is 4.51. The molecule has 2 heteroatoms. The van der Waals surface area contributed by atoms with Crippen molar-refractivity contribution in [3.63, 3.8) is 0 Å². The van der Waals surface area contributed by atoms with E-state index in [1.165, 1.54) is 0 Å². The minimum atomic E-state index is 0.0843. The number of carbonyl (C=O) groups excluding carboxylic acids is 1. The molecular formula is C8H11ClO. The van der Waals surface area contributed by atoms with Crippen LogP contribution in [-0.4, -0.2) is 5.78 Å². The molecule has 1 nitrogen and oxygen atoms in total. The van der Waals surface area contributed by atoms with E-state index < -0.39 is 0 Å². The van der Waals surface area contributed by atoms with Crippen molar-refractivity contribution in [2.45, 2.75) is 26.7 Å². The van der Waals surface area contributed by atoms with Crippen molar-refractivity contribution in [1.82, 2.24) is 0 Å². The molecule has 0 radical (unpaired) electrons. The van der Waals surface area contributed by atoms with Gasteiger partial charge >= 0.3 is 0 Å². The Kier molecular flexibility index (Phi) is 1.86. The smallest absolute Gasteiger partial charge is 0.173 e. The first kappa shape index (κ1) is 7.80. The molecule has 0 unspecified atom stereocenters. The van der Waals surface area contributed by atoms with Gasteiger partial charge in [0.1, 0.15) is 0 Å². The van der Waals surface area contributed by atoms with Crippen LogP contribution in [0.2, 0.25) is 0 Å². The van der Waals surface area contributed by atoms with E-state index in [1.807, 2.05) is 6.08 Å². The summed E-state index contributed by atoms with van der Waals surface area (Å²) in [6, 6.07) is 0. The van der Waals surface area contributed by atoms with Crippen LogP contribution in [0.15, 0.2) is 11.1 Å². The van der Waals surface area contributed by atoms with Crippen molar-refractivity contribution in [2.24, 2.45) is 5.41 Å². The zero-order valence-electron chi connectivity index (χ0n) is 6.28. The standard InChI is InChI=1S/C8H11ClO/c1-8(2)4-3-7(10)6(9)5-8/h5H,3-4H2,1-2H3. The molecule has 1 aliphatic carbocycles. The Hall–Kier alpha value is -0.300. The molecule has 0 atom stereocenters. The molecule has 0 aliphatic heterocycles. The third kappa shape index (κ3) is 1.60. The number of allylic oxidation sites excluding steroid dienone is 2. The second-order valence-corrected chi connectivity index (χ2v) is 3.81. The molecule has 0 aromatic carbocycles. The lowest BCUT2D eigenvalue weighted by atomic mass is 9.82. The van der Waals surface area contributed by atoms with Crippen molar-refractivity contribution < 1.29 is 4.79 Å². The van der Waals surface area contributed by atoms with Crippen LogP contribution in [0.1, 0.15) is 26.7 Å². The Morgan fingerprint density at radius 3 is 2.60 bits per heavy atom. The molecule has 0 amide bonds. The van der Waals surface area contributed by atoms with Gasteiger partial charge in [-0.15, -0.1) is 0 Å². The highest BCUT2D eigenvalue weighted by Gasteiger charge is 2.24. The molecule has 1 aliphatic rings. The number of rotatable bonds is 0. The van der Waals surface area contributed by atoms with Gasteiger partial charge in [0.15, 0.2) is 5.78 Å². The number of carbonyl (C=O) groups is 1. The summed E-state index contributed by atoms with van der Waals surface area (Å²) in [5, 5.41) is 0.413. The van der Waals surface area contributed by atoms with E-state index in [4.69, 9.17) is 11.6 Å². The van der Waals surface area contributed by atoms with Gasteiger partial charge in [-0.2, -0.15) is 0 Å². The van der Waals surface area contributed by atoms with Gasteiger partial charge in [0.05, 0.1) is 5.03 Å². The Morgan fingerprint density at radius 1 is 1.60 bits per heavy atom. The van der Waals surface area contributed by atoms with Crippen LogP contribution < -0.4 is 0 Å². The molecule has 0 spiro atoms. The van der Waals surface area contributed by atoms with E-state index in [0.29, 0.717) is 11.5 Å². The normalized spacial score (nSPS) is 24.3. The second-order valence-electron chi connectivity index (χ2n) is 3.40. The van der Waals surface area contributed by atoms with Gasteiger partial charge in [0, 0.05) is 6.42 Å². The average molecular weight is 159 g/mol. The maximum absolute atomic E-state index is 10.9. The Bertz CT molecular complexity index is 191. The van der Waals surface area contributed by atoms with Crippen LogP contribution >= 0.6 is 11.6 Å². The van der Waals surface area contributed by atoms with Gasteiger partial charge in [-0.25, -0.2) is 0 Å². The molecular weight excluding hydrogens is 148 g/mol. The fourth-order valence-corrected chi connectivity index (χ4v) is 1.44. The van der Waals surface area contributed by atoms with E-state index in [1.54, 1.807) is 0 Å². The largest absolute Gasteiger partial charge is 0.293 e. The Labute approximate surface area is 66.1 Å². The minimum absolute atomic E-state index is 0.0843. The van der Waals surface area contributed by atoms with Crippen molar-refractivity contribution >= 4 is 17.4 Å². The topological polar surface area (TPSA) is 17.1 Å². The first-order valence-corrected chi connectivity index (χ1v) is 3.81. The van der Waals surface area contributed by atoms with E-state index in [0.717, 1.165) is 6.42 Å². The van der Waals surface area contributed by atoms with Crippen molar-refractivity contribution in [3.8, 4) is 0 Å². The molecule has 0 aromatic rings. The first-order valence-electron chi connectivity index (χ1n) is 3.43. The third-order valence-electron chi connectivity index (χ3n) is 1.78. The lowest BCUT2D eigenvalue weighted by molar-refractivity contribution is -0.115. The molecule has 10 heavy (non-hydrogen) atoms. The predicted octanol–water partition coefficient (Wildman–Crippen LogP) is 2.50. The summed E-state index contributed by atoms with van der Waals surface area (Å²) in [5.41, 5.74) is 0.116. The summed E-state index contributed by atoms with van der Waals surface area (Å²) in [5.74, 6) is 0.0843. The SMILES string of the molecule is CC1(C)C=C(Cl)C(=O)CC1. The monoisotopic (exact) mass is 158 g/mol. The lowest BCUT2D eigenvalue weighted by Gasteiger charge is -2.23. The van der Waals surface area contributed by atoms with E-state index in [2.05, 4.69) is 13.8 Å². The number of hydrogen-bond acceptors (Lipinski definition) is 1. The van der Waals surface area contributed by atoms with Crippen LogP contribution in [0, 0.1) is 5.41 Å². The molecule has 1 rings (SSSR count). The fraction of sp³-hybridized carbons (Fsp3) is 0.625. The van der Waals surface area contributed by atoms with E-state index >= 15 is 0 Å². The maximum atomic E-state index is 10.9. The summed E-state index contributed by atoms with van der Waals surface area (Å²) in [7, 11) is 0. The van der Waals surface area contributed by atoms with Gasteiger partial charge < -0.3 is 0 Å². The zero-order chi connectivity index (χ0) is 7.78. The number of hydrogen-bond donors (Lipinski definition) is 0. The number of Topliss-reactive ketones (excluding diaryl/α,β-unsaturated/α-hetero) is 1. The summed E-state index contributed by atoms with van der Waals surface area (Å²) in [6.45, 7) is 4.17. The van der Waals surface area contributed by atoms with Crippen LogP contribution in [0.3, 0.4) is 0 Å².